The Morgan fingerprint density at radius 3 is 2.44 bits per heavy atom. The van der Waals surface area contributed by atoms with E-state index in [1.807, 2.05) is 0 Å². The number of halogens is 2. The van der Waals surface area contributed by atoms with Crippen molar-refractivity contribution < 1.29 is 4.52 Å². The lowest BCUT2D eigenvalue weighted by Gasteiger charge is -2.34. The van der Waals surface area contributed by atoms with E-state index in [0.717, 1.165) is 19.3 Å². The fourth-order valence-electron chi connectivity index (χ4n) is 2.01. The zero-order valence-corrected chi connectivity index (χ0v) is 11.0. The highest BCUT2D eigenvalue weighted by Crippen LogP contribution is 2.39. The zero-order valence-electron chi connectivity index (χ0n) is 9.49. The molecule has 0 spiro atoms. The predicted octanol–water partition coefficient (Wildman–Crippen LogP) is 3.38. The number of aromatic nitrogens is 2. The van der Waals surface area contributed by atoms with Gasteiger partial charge >= 0.3 is 0 Å². The summed E-state index contributed by atoms with van der Waals surface area (Å²) in [5, 5.41) is 4.91. The second-order valence-corrected chi connectivity index (χ2v) is 5.34. The minimum absolute atomic E-state index is 0.317. The summed E-state index contributed by atoms with van der Waals surface area (Å²) in [7, 11) is 0. The molecule has 0 unspecified atom stereocenters. The molecule has 2 N–H and O–H groups in total. The Bertz CT molecular complexity index is 573. The molecule has 0 bridgehead atoms. The van der Waals surface area contributed by atoms with Crippen LogP contribution in [0.15, 0.2) is 22.7 Å². The first-order valence-electron chi connectivity index (χ1n) is 5.68. The predicted molar refractivity (Wildman–Crippen MR) is 69.5 cm³/mol. The van der Waals surface area contributed by atoms with Crippen LogP contribution in [0.25, 0.3) is 11.5 Å². The molecule has 1 aromatic heterocycles. The lowest BCUT2D eigenvalue weighted by atomic mass is 9.77. The number of nitrogens with zero attached hydrogens (tertiary/aromatic N) is 2. The van der Waals surface area contributed by atoms with Crippen molar-refractivity contribution in [3.8, 4) is 11.5 Å². The van der Waals surface area contributed by atoms with E-state index in [1.165, 1.54) is 0 Å². The topological polar surface area (TPSA) is 64.9 Å². The van der Waals surface area contributed by atoms with Crippen molar-refractivity contribution in [1.29, 1.82) is 0 Å². The fourth-order valence-corrected chi connectivity index (χ4v) is 2.57. The average molecular weight is 284 g/mol. The SMILES string of the molecule is NC1(c2noc(-c3c(Cl)cccc3Cl)n2)CCC1. The smallest absolute Gasteiger partial charge is 0.261 e. The monoisotopic (exact) mass is 283 g/mol. The number of nitrogens with two attached hydrogens (primary N) is 1. The van der Waals surface area contributed by atoms with Gasteiger partial charge in [0.1, 0.15) is 0 Å². The molecular weight excluding hydrogens is 273 g/mol. The average Bonchev–Trinajstić information content (AvgIpc) is 2.75. The largest absolute Gasteiger partial charge is 0.334 e. The normalized spacial score (nSPS) is 17.5. The lowest BCUT2D eigenvalue weighted by Crippen LogP contribution is -2.44. The molecule has 1 aromatic carbocycles. The van der Waals surface area contributed by atoms with Crippen LogP contribution >= 0.6 is 23.2 Å². The summed E-state index contributed by atoms with van der Waals surface area (Å²) in [6.45, 7) is 0. The lowest BCUT2D eigenvalue weighted by molar-refractivity contribution is 0.229. The van der Waals surface area contributed by atoms with E-state index >= 15 is 0 Å². The van der Waals surface area contributed by atoms with E-state index in [9.17, 15) is 0 Å². The number of rotatable bonds is 2. The van der Waals surface area contributed by atoms with Crippen LogP contribution < -0.4 is 5.73 Å². The minimum atomic E-state index is -0.449. The molecule has 4 nitrogen and oxygen atoms in total. The summed E-state index contributed by atoms with van der Waals surface area (Å²) in [5.41, 5.74) is 6.25. The third-order valence-electron chi connectivity index (χ3n) is 3.29. The van der Waals surface area contributed by atoms with Crippen LogP contribution in [-0.2, 0) is 5.54 Å². The van der Waals surface area contributed by atoms with Crippen LogP contribution in [0.2, 0.25) is 10.0 Å². The van der Waals surface area contributed by atoms with Crippen LogP contribution in [-0.4, -0.2) is 10.1 Å². The molecule has 0 aliphatic heterocycles. The van der Waals surface area contributed by atoms with Crippen molar-refractivity contribution in [3.63, 3.8) is 0 Å². The van der Waals surface area contributed by atoms with Crippen LogP contribution in [0, 0.1) is 0 Å². The Morgan fingerprint density at radius 2 is 1.89 bits per heavy atom. The van der Waals surface area contributed by atoms with Gasteiger partial charge in [-0.25, -0.2) is 0 Å². The molecule has 3 rings (SSSR count). The van der Waals surface area contributed by atoms with Crippen molar-refractivity contribution >= 4 is 23.2 Å². The van der Waals surface area contributed by atoms with E-state index in [2.05, 4.69) is 10.1 Å². The van der Waals surface area contributed by atoms with Gasteiger partial charge in [-0.3, -0.25) is 0 Å². The van der Waals surface area contributed by atoms with Gasteiger partial charge in [0.2, 0.25) is 0 Å². The Morgan fingerprint density at radius 1 is 1.22 bits per heavy atom. The molecule has 1 heterocycles. The van der Waals surface area contributed by atoms with Crippen molar-refractivity contribution in [2.24, 2.45) is 5.73 Å². The van der Waals surface area contributed by atoms with Crippen molar-refractivity contribution in [1.82, 2.24) is 10.1 Å². The first-order valence-corrected chi connectivity index (χ1v) is 6.43. The molecule has 0 saturated heterocycles. The summed E-state index contributed by atoms with van der Waals surface area (Å²) < 4.78 is 5.22. The Kier molecular flexibility index (Phi) is 2.81. The van der Waals surface area contributed by atoms with Crippen LogP contribution in [0.3, 0.4) is 0 Å². The maximum absolute atomic E-state index is 6.14. The van der Waals surface area contributed by atoms with E-state index in [1.54, 1.807) is 18.2 Å². The zero-order chi connectivity index (χ0) is 12.8. The Hall–Kier alpha value is -1.10. The van der Waals surface area contributed by atoms with Crippen molar-refractivity contribution in [2.75, 3.05) is 0 Å². The van der Waals surface area contributed by atoms with Gasteiger partial charge in [0.15, 0.2) is 5.82 Å². The highest BCUT2D eigenvalue weighted by atomic mass is 35.5. The van der Waals surface area contributed by atoms with Gasteiger partial charge in [0.05, 0.1) is 21.1 Å². The molecule has 2 aromatic rings. The van der Waals surface area contributed by atoms with Gasteiger partial charge in [-0.15, -0.1) is 0 Å². The molecular formula is C12H11Cl2N3O. The third-order valence-corrected chi connectivity index (χ3v) is 3.92. The van der Waals surface area contributed by atoms with E-state index < -0.39 is 5.54 Å². The van der Waals surface area contributed by atoms with Gasteiger partial charge in [-0.05, 0) is 31.4 Å². The van der Waals surface area contributed by atoms with Crippen molar-refractivity contribution in [3.05, 3.63) is 34.1 Å². The first-order chi connectivity index (χ1) is 8.60. The molecule has 1 fully saturated rings. The highest BCUT2D eigenvalue weighted by Gasteiger charge is 2.39. The summed E-state index contributed by atoms with van der Waals surface area (Å²) in [6.07, 6.45) is 2.84. The van der Waals surface area contributed by atoms with Crippen molar-refractivity contribution in [2.45, 2.75) is 24.8 Å². The van der Waals surface area contributed by atoms with Gasteiger partial charge < -0.3 is 10.3 Å². The fraction of sp³-hybridized carbons (Fsp3) is 0.333. The minimum Gasteiger partial charge on any atom is -0.334 e. The van der Waals surface area contributed by atoms with Gasteiger partial charge in [-0.2, -0.15) is 4.98 Å². The van der Waals surface area contributed by atoms with Crippen LogP contribution in [0.5, 0.6) is 0 Å². The molecule has 6 heteroatoms. The summed E-state index contributed by atoms with van der Waals surface area (Å²) >= 11 is 12.2. The number of benzene rings is 1. The number of hydrogen-bond acceptors (Lipinski definition) is 4. The third kappa shape index (κ3) is 1.81. The van der Waals surface area contributed by atoms with E-state index in [4.69, 9.17) is 33.5 Å². The van der Waals surface area contributed by atoms with Gasteiger partial charge in [0.25, 0.3) is 5.89 Å². The Labute approximate surface area is 114 Å². The first kappa shape index (κ1) is 12.0. The quantitative estimate of drug-likeness (QED) is 0.918. The van der Waals surface area contributed by atoms with Gasteiger partial charge in [0, 0.05) is 0 Å². The summed E-state index contributed by atoms with van der Waals surface area (Å²) in [6, 6.07) is 5.23. The number of hydrogen-bond donors (Lipinski definition) is 1. The highest BCUT2D eigenvalue weighted by molar-refractivity contribution is 6.38. The molecule has 0 amide bonds. The molecule has 18 heavy (non-hydrogen) atoms. The van der Waals surface area contributed by atoms with E-state index in [0.29, 0.717) is 27.3 Å². The molecule has 94 valence electrons. The molecule has 1 aliphatic rings. The molecule has 0 atom stereocenters. The van der Waals surface area contributed by atoms with Crippen LogP contribution in [0.4, 0.5) is 0 Å². The maximum atomic E-state index is 6.14. The Balaban J connectivity index is 2.03. The molecule has 1 aliphatic carbocycles. The summed E-state index contributed by atoms with van der Waals surface area (Å²) in [5.74, 6) is 0.845. The van der Waals surface area contributed by atoms with Gasteiger partial charge in [-0.1, -0.05) is 34.4 Å². The summed E-state index contributed by atoms with van der Waals surface area (Å²) in [4.78, 5) is 4.32. The van der Waals surface area contributed by atoms with Crippen LogP contribution in [0.1, 0.15) is 25.1 Å². The second kappa shape index (κ2) is 4.23. The maximum Gasteiger partial charge on any atom is 0.261 e. The standard InChI is InChI=1S/C12H11Cl2N3O/c13-7-3-1-4-8(14)9(7)10-16-11(17-18-10)12(15)5-2-6-12/h1,3-4H,2,5-6,15H2. The van der Waals surface area contributed by atoms with E-state index in [-0.39, 0.29) is 0 Å². The second-order valence-electron chi connectivity index (χ2n) is 4.53. The molecule has 1 saturated carbocycles. The molecule has 0 radical (unpaired) electrons.